The molecule has 2 aromatic rings. The second kappa shape index (κ2) is 5.42. The van der Waals surface area contributed by atoms with Gasteiger partial charge >= 0.3 is 0 Å². The van der Waals surface area contributed by atoms with Crippen LogP contribution in [0, 0.1) is 3.57 Å². The predicted molar refractivity (Wildman–Crippen MR) is 71.8 cm³/mol. The molecule has 0 fully saturated rings. The van der Waals surface area contributed by atoms with Crippen molar-refractivity contribution in [3.63, 3.8) is 0 Å². The van der Waals surface area contributed by atoms with Crippen LogP contribution in [0.4, 0.5) is 0 Å². The van der Waals surface area contributed by atoms with E-state index in [0.717, 1.165) is 9.13 Å². The molecule has 2 rings (SSSR count). The summed E-state index contributed by atoms with van der Waals surface area (Å²) < 4.78 is 6.07. The molecule has 0 amide bonds. The zero-order valence-electron chi connectivity index (χ0n) is 9.17. The fraction of sp³-hybridized carbons (Fsp3) is 0.167. The largest absolute Gasteiger partial charge is 0.480 e. The fourth-order valence-electron chi connectivity index (χ4n) is 1.52. The van der Waals surface area contributed by atoms with Crippen molar-refractivity contribution in [3.05, 3.63) is 51.5 Å². The zero-order valence-corrected chi connectivity index (χ0v) is 11.3. The van der Waals surface area contributed by atoms with E-state index in [4.69, 9.17) is 4.74 Å². The number of benzene rings is 1. The summed E-state index contributed by atoms with van der Waals surface area (Å²) >= 11 is 2.18. The fourth-order valence-corrected chi connectivity index (χ4v) is 2.21. The molecule has 1 aromatic heterocycles. The van der Waals surface area contributed by atoms with E-state index in [1.807, 2.05) is 24.3 Å². The number of halogens is 1. The summed E-state index contributed by atoms with van der Waals surface area (Å²) in [7, 11) is 1.51. The number of nitrogens with zero attached hydrogens (tertiary/aromatic N) is 2. The molecule has 0 spiro atoms. The molecule has 1 atom stereocenters. The summed E-state index contributed by atoms with van der Waals surface area (Å²) in [6.07, 6.45) is 2.24. The lowest BCUT2D eigenvalue weighted by molar-refractivity contribution is 0.207. The zero-order chi connectivity index (χ0) is 12.3. The van der Waals surface area contributed by atoms with E-state index < -0.39 is 6.10 Å². The molecule has 1 N–H and O–H groups in total. The molecule has 0 aliphatic carbocycles. The van der Waals surface area contributed by atoms with Gasteiger partial charge in [0.1, 0.15) is 11.8 Å². The van der Waals surface area contributed by atoms with Crippen molar-refractivity contribution in [1.29, 1.82) is 0 Å². The predicted octanol–water partition coefficient (Wildman–Crippen LogP) is 2.17. The number of aliphatic hydroxyl groups is 1. The first kappa shape index (κ1) is 12.3. The molecule has 1 aromatic carbocycles. The summed E-state index contributed by atoms with van der Waals surface area (Å²) in [6, 6.07) is 7.60. The molecular weight excluding hydrogens is 331 g/mol. The van der Waals surface area contributed by atoms with Gasteiger partial charge in [-0.05, 0) is 28.7 Å². The van der Waals surface area contributed by atoms with Gasteiger partial charge in [0.2, 0.25) is 5.88 Å². The van der Waals surface area contributed by atoms with Crippen LogP contribution in [0.5, 0.6) is 5.88 Å². The van der Waals surface area contributed by atoms with Gasteiger partial charge in [-0.25, -0.2) is 4.98 Å². The van der Waals surface area contributed by atoms with E-state index in [9.17, 15) is 5.11 Å². The molecule has 4 nitrogen and oxygen atoms in total. The smallest absolute Gasteiger partial charge is 0.238 e. The van der Waals surface area contributed by atoms with Crippen LogP contribution in [0.2, 0.25) is 0 Å². The highest BCUT2D eigenvalue weighted by atomic mass is 127. The summed E-state index contributed by atoms with van der Waals surface area (Å²) in [5, 5.41) is 10.3. The first-order valence-electron chi connectivity index (χ1n) is 5.01. The number of hydrogen-bond acceptors (Lipinski definition) is 4. The van der Waals surface area contributed by atoms with Crippen molar-refractivity contribution in [3.8, 4) is 5.88 Å². The summed E-state index contributed by atoms with van der Waals surface area (Å²) in [4.78, 5) is 8.15. The van der Waals surface area contributed by atoms with Gasteiger partial charge in [0.15, 0.2) is 0 Å². The lowest BCUT2D eigenvalue weighted by Crippen LogP contribution is -2.07. The van der Waals surface area contributed by atoms with Crippen LogP contribution in [0.15, 0.2) is 36.7 Å². The van der Waals surface area contributed by atoms with Crippen LogP contribution in [-0.2, 0) is 0 Å². The van der Waals surface area contributed by atoms with Crippen molar-refractivity contribution in [2.75, 3.05) is 7.11 Å². The van der Waals surface area contributed by atoms with Gasteiger partial charge in [0, 0.05) is 21.5 Å². The highest BCUT2D eigenvalue weighted by Crippen LogP contribution is 2.28. The molecule has 0 bridgehead atoms. The van der Waals surface area contributed by atoms with Crippen LogP contribution >= 0.6 is 22.6 Å². The Labute approximate surface area is 113 Å². The third-order valence-corrected chi connectivity index (χ3v) is 3.33. The number of aromatic nitrogens is 2. The summed E-state index contributed by atoms with van der Waals surface area (Å²) in [6.45, 7) is 0. The molecule has 1 heterocycles. The lowest BCUT2D eigenvalue weighted by atomic mass is 10.1. The van der Waals surface area contributed by atoms with Crippen molar-refractivity contribution in [2.24, 2.45) is 0 Å². The normalized spacial score (nSPS) is 12.2. The standard InChI is InChI=1S/C12H11IN2O2/c1-17-12-10(14-6-7-15-12)11(16)8-4-2-3-5-9(8)13/h2-7,11,16H,1H3. The Morgan fingerprint density at radius 2 is 1.94 bits per heavy atom. The Hall–Kier alpha value is -1.21. The van der Waals surface area contributed by atoms with E-state index in [0.29, 0.717) is 11.6 Å². The number of aliphatic hydroxyl groups excluding tert-OH is 1. The van der Waals surface area contributed by atoms with Gasteiger partial charge in [-0.15, -0.1) is 0 Å². The highest BCUT2D eigenvalue weighted by molar-refractivity contribution is 14.1. The Balaban J connectivity index is 2.44. The van der Waals surface area contributed by atoms with Crippen LogP contribution < -0.4 is 4.74 Å². The second-order valence-electron chi connectivity index (χ2n) is 3.37. The minimum absolute atomic E-state index is 0.347. The number of rotatable bonds is 3. The molecule has 0 saturated heterocycles. The molecule has 17 heavy (non-hydrogen) atoms. The van der Waals surface area contributed by atoms with Crippen LogP contribution in [0.3, 0.4) is 0 Å². The first-order chi connectivity index (χ1) is 8.24. The minimum Gasteiger partial charge on any atom is -0.480 e. The molecule has 5 heteroatoms. The lowest BCUT2D eigenvalue weighted by Gasteiger charge is -2.14. The van der Waals surface area contributed by atoms with Crippen molar-refractivity contribution in [1.82, 2.24) is 9.97 Å². The molecule has 0 aliphatic rings. The minimum atomic E-state index is -0.827. The molecular formula is C12H11IN2O2. The number of hydrogen-bond donors (Lipinski definition) is 1. The topological polar surface area (TPSA) is 55.2 Å². The molecule has 0 saturated carbocycles. The molecule has 0 radical (unpaired) electrons. The molecule has 88 valence electrons. The van der Waals surface area contributed by atoms with E-state index >= 15 is 0 Å². The summed E-state index contributed by atoms with van der Waals surface area (Å²) in [5.41, 5.74) is 1.23. The third kappa shape index (κ3) is 2.55. The molecule has 0 aliphatic heterocycles. The Kier molecular flexibility index (Phi) is 3.90. The van der Waals surface area contributed by atoms with Gasteiger partial charge < -0.3 is 9.84 Å². The van der Waals surface area contributed by atoms with Gasteiger partial charge in [0.05, 0.1) is 7.11 Å². The Morgan fingerprint density at radius 1 is 1.24 bits per heavy atom. The average molecular weight is 342 g/mol. The number of ether oxygens (including phenoxy) is 1. The van der Waals surface area contributed by atoms with Gasteiger partial charge in [-0.1, -0.05) is 18.2 Å². The van der Waals surface area contributed by atoms with Crippen LogP contribution in [0.1, 0.15) is 17.4 Å². The second-order valence-corrected chi connectivity index (χ2v) is 4.54. The maximum atomic E-state index is 10.3. The van der Waals surface area contributed by atoms with Crippen LogP contribution in [-0.4, -0.2) is 22.2 Å². The monoisotopic (exact) mass is 342 g/mol. The van der Waals surface area contributed by atoms with Gasteiger partial charge in [0.25, 0.3) is 0 Å². The third-order valence-electron chi connectivity index (χ3n) is 2.34. The first-order valence-corrected chi connectivity index (χ1v) is 6.09. The Morgan fingerprint density at radius 3 is 2.65 bits per heavy atom. The van der Waals surface area contributed by atoms with E-state index in [1.165, 1.54) is 19.5 Å². The van der Waals surface area contributed by atoms with E-state index in [-0.39, 0.29) is 0 Å². The van der Waals surface area contributed by atoms with Crippen LogP contribution in [0.25, 0.3) is 0 Å². The average Bonchev–Trinajstić information content (AvgIpc) is 2.38. The highest BCUT2D eigenvalue weighted by Gasteiger charge is 2.19. The maximum absolute atomic E-state index is 10.3. The van der Waals surface area contributed by atoms with Crippen molar-refractivity contribution in [2.45, 2.75) is 6.10 Å². The Bertz CT molecular complexity index is 519. The molecule has 1 unspecified atom stereocenters. The van der Waals surface area contributed by atoms with E-state index in [1.54, 1.807) is 0 Å². The summed E-state index contributed by atoms with van der Waals surface area (Å²) in [5.74, 6) is 0.347. The van der Waals surface area contributed by atoms with Crippen molar-refractivity contribution < 1.29 is 9.84 Å². The van der Waals surface area contributed by atoms with E-state index in [2.05, 4.69) is 32.6 Å². The SMILES string of the molecule is COc1nccnc1C(O)c1ccccc1I. The van der Waals surface area contributed by atoms with Gasteiger partial charge in [-0.3, -0.25) is 4.98 Å². The quantitative estimate of drug-likeness (QED) is 0.869. The maximum Gasteiger partial charge on any atom is 0.238 e. The van der Waals surface area contributed by atoms with Crippen molar-refractivity contribution >= 4 is 22.6 Å². The van der Waals surface area contributed by atoms with Gasteiger partial charge in [-0.2, -0.15) is 0 Å². The number of methoxy groups -OCH3 is 1.